The van der Waals surface area contributed by atoms with E-state index in [1.54, 1.807) is 0 Å². The highest BCUT2D eigenvalue weighted by atomic mass is 14.8. The van der Waals surface area contributed by atoms with Crippen LogP contribution in [0.5, 0.6) is 0 Å². The molecule has 1 nitrogen and oxygen atoms in total. The average Bonchev–Trinajstić information content (AvgIpc) is 2.30. The van der Waals surface area contributed by atoms with Gasteiger partial charge in [0.1, 0.15) is 0 Å². The summed E-state index contributed by atoms with van der Waals surface area (Å²) in [5.41, 5.74) is 5.59. The lowest BCUT2D eigenvalue weighted by Crippen LogP contribution is -2.16. The first-order chi connectivity index (χ1) is 7.69. The van der Waals surface area contributed by atoms with Gasteiger partial charge in [0.15, 0.2) is 0 Å². The van der Waals surface area contributed by atoms with Crippen LogP contribution in [0.15, 0.2) is 29.8 Å². The first-order valence-electron chi connectivity index (χ1n) is 6.15. The van der Waals surface area contributed by atoms with Gasteiger partial charge in [-0.25, -0.2) is 0 Å². The van der Waals surface area contributed by atoms with Crippen LogP contribution in [0, 0.1) is 6.92 Å². The third-order valence-electron chi connectivity index (χ3n) is 3.03. The number of aryl methyl sites for hydroxylation is 1. The van der Waals surface area contributed by atoms with E-state index in [0.717, 1.165) is 19.5 Å². The highest BCUT2D eigenvalue weighted by molar-refractivity contribution is 5.67. The summed E-state index contributed by atoms with van der Waals surface area (Å²) in [5.74, 6) is 0. The largest absolute Gasteiger partial charge is 0.313 e. The Morgan fingerprint density at radius 2 is 1.75 bits per heavy atom. The van der Waals surface area contributed by atoms with Crippen LogP contribution in [-0.2, 0) is 0 Å². The van der Waals surface area contributed by atoms with Crippen molar-refractivity contribution < 1.29 is 0 Å². The summed E-state index contributed by atoms with van der Waals surface area (Å²) in [6, 6.07) is 8.79. The molecule has 0 fully saturated rings. The fourth-order valence-corrected chi connectivity index (χ4v) is 1.81. The average molecular weight is 217 g/mol. The van der Waals surface area contributed by atoms with E-state index in [1.807, 2.05) is 0 Å². The molecule has 0 aliphatic rings. The minimum Gasteiger partial charge on any atom is -0.313 e. The molecule has 0 atom stereocenters. The number of rotatable bonds is 5. The van der Waals surface area contributed by atoms with Crippen molar-refractivity contribution in [3.8, 4) is 0 Å². The predicted octanol–water partition coefficient (Wildman–Crippen LogP) is 3.79. The molecule has 0 aliphatic heterocycles. The van der Waals surface area contributed by atoms with Crippen LogP contribution in [0.4, 0.5) is 0 Å². The molecule has 0 unspecified atom stereocenters. The molecule has 0 aliphatic carbocycles. The fourth-order valence-electron chi connectivity index (χ4n) is 1.81. The van der Waals surface area contributed by atoms with Crippen LogP contribution in [0.1, 0.15) is 38.3 Å². The smallest absolute Gasteiger partial charge is 0.0170 e. The van der Waals surface area contributed by atoms with Gasteiger partial charge < -0.3 is 5.32 Å². The van der Waals surface area contributed by atoms with E-state index >= 15 is 0 Å². The molecular formula is C15H23N. The Morgan fingerprint density at radius 3 is 2.25 bits per heavy atom. The highest BCUT2D eigenvalue weighted by Gasteiger charge is 2.02. The molecule has 1 heteroatoms. The quantitative estimate of drug-likeness (QED) is 0.791. The molecule has 0 amide bonds. The van der Waals surface area contributed by atoms with E-state index in [4.69, 9.17) is 0 Å². The number of hydrogen-bond donors (Lipinski definition) is 1. The molecule has 0 bridgehead atoms. The number of nitrogens with one attached hydrogen (secondary N) is 1. The Morgan fingerprint density at radius 1 is 1.12 bits per heavy atom. The Kier molecular flexibility index (Phi) is 5.27. The lowest BCUT2D eigenvalue weighted by Gasteiger charge is -2.11. The second-order valence-corrected chi connectivity index (χ2v) is 4.23. The summed E-state index contributed by atoms with van der Waals surface area (Å²) in [7, 11) is 0. The van der Waals surface area contributed by atoms with Crippen molar-refractivity contribution in [1.29, 1.82) is 0 Å². The molecule has 0 saturated carbocycles. The molecule has 0 aromatic heterocycles. The lowest BCUT2D eigenvalue weighted by atomic mass is 9.99. The number of benzene rings is 1. The molecular weight excluding hydrogens is 194 g/mol. The second-order valence-electron chi connectivity index (χ2n) is 4.23. The van der Waals surface area contributed by atoms with Crippen molar-refractivity contribution in [2.75, 3.05) is 13.1 Å². The van der Waals surface area contributed by atoms with Gasteiger partial charge in [0, 0.05) is 6.54 Å². The highest BCUT2D eigenvalue weighted by Crippen LogP contribution is 2.20. The Balaban J connectivity index is 2.90. The molecule has 0 spiro atoms. The van der Waals surface area contributed by atoms with E-state index in [-0.39, 0.29) is 0 Å². The van der Waals surface area contributed by atoms with E-state index in [1.165, 1.54) is 22.3 Å². The summed E-state index contributed by atoms with van der Waals surface area (Å²) >= 11 is 0. The monoisotopic (exact) mass is 217 g/mol. The van der Waals surface area contributed by atoms with Gasteiger partial charge in [0.25, 0.3) is 0 Å². The fraction of sp³-hybridized carbons (Fsp3) is 0.467. The topological polar surface area (TPSA) is 12.0 Å². The summed E-state index contributed by atoms with van der Waals surface area (Å²) in [5, 5.41) is 3.40. The normalized spacial score (nSPS) is 12.5. The molecule has 1 rings (SSSR count). The van der Waals surface area contributed by atoms with Gasteiger partial charge in [0.2, 0.25) is 0 Å². The molecule has 1 N–H and O–H groups in total. The minimum absolute atomic E-state index is 1.01. The zero-order valence-corrected chi connectivity index (χ0v) is 10.9. The van der Waals surface area contributed by atoms with Crippen molar-refractivity contribution >= 4 is 5.57 Å². The van der Waals surface area contributed by atoms with Crippen LogP contribution >= 0.6 is 0 Å². The lowest BCUT2D eigenvalue weighted by molar-refractivity contribution is 0.759. The van der Waals surface area contributed by atoms with Gasteiger partial charge in [0.05, 0.1) is 0 Å². The standard InChI is InChI=1S/C15H23N/c1-5-14(11-16-6-2)13(4)15-9-7-12(3)8-10-15/h7-10,16H,5-6,11H2,1-4H3/b14-13-. The molecule has 0 radical (unpaired) electrons. The number of likely N-dealkylation sites (N-methyl/N-ethyl adjacent to an activating group) is 1. The van der Waals surface area contributed by atoms with Gasteiger partial charge in [-0.1, -0.05) is 49.2 Å². The first-order valence-corrected chi connectivity index (χ1v) is 6.15. The summed E-state index contributed by atoms with van der Waals surface area (Å²) < 4.78 is 0. The van der Waals surface area contributed by atoms with E-state index in [2.05, 4.69) is 57.3 Å². The predicted molar refractivity (Wildman–Crippen MR) is 72.6 cm³/mol. The zero-order valence-electron chi connectivity index (χ0n) is 10.9. The van der Waals surface area contributed by atoms with Gasteiger partial charge in [-0.15, -0.1) is 0 Å². The van der Waals surface area contributed by atoms with Crippen molar-refractivity contribution in [2.45, 2.75) is 34.1 Å². The maximum Gasteiger partial charge on any atom is 0.0170 e. The molecule has 16 heavy (non-hydrogen) atoms. The van der Waals surface area contributed by atoms with E-state index < -0.39 is 0 Å². The molecule has 0 heterocycles. The maximum atomic E-state index is 3.40. The molecule has 88 valence electrons. The first kappa shape index (κ1) is 13.0. The van der Waals surface area contributed by atoms with E-state index in [9.17, 15) is 0 Å². The Bertz CT molecular complexity index is 346. The van der Waals surface area contributed by atoms with Gasteiger partial charge in [-0.2, -0.15) is 0 Å². The van der Waals surface area contributed by atoms with Crippen LogP contribution in [0.3, 0.4) is 0 Å². The van der Waals surface area contributed by atoms with Gasteiger partial charge in [-0.3, -0.25) is 0 Å². The van der Waals surface area contributed by atoms with Crippen LogP contribution in [-0.4, -0.2) is 13.1 Å². The van der Waals surface area contributed by atoms with Crippen LogP contribution in [0.25, 0.3) is 5.57 Å². The van der Waals surface area contributed by atoms with Crippen molar-refractivity contribution in [1.82, 2.24) is 5.32 Å². The third kappa shape index (κ3) is 3.49. The third-order valence-corrected chi connectivity index (χ3v) is 3.03. The summed E-state index contributed by atoms with van der Waals surface area (Å²) in [6.07, 6.45) is 1.12. The molecule has 1 aromatic rings. The Labute approximate surface area is 99.6 Å². The maximum absolute atomic E-state index is 3.40. The summed E-state index contributed by atoms with van der Waals surface area (Å²) in [6.45, 7) is 10.8. The SMILES string of the molecule is CCNC/C(CC)=C(/C)c1ccc(C)cc1. The molecule has 1 aromatic carbocycles. The number of hydrogen-bond acceptors (Lipinski definition) is 1. The van der Waals surface area contributed by atoms with E-state index in [0.29, 0.717) is 0 Å². The number of allylic oxidation sites excluding steroid dienone is 1. The van der Waals surface area contributed by atoms with Crippen LogP contribution < -0.4 is 5.32 Å². The van der Waals surface area contributed by atoms with Gasteiger partial charge >= 0.3 is 0 Å². The van der Waals surface area contributed by atoms with Crippen LogP contribution in [0.2, 0.25) is 0 Å². The Hall–Kier alpha value is -1.08. The van der Waals surface area contributed by atoms with Gasteiger partial charge in [-0.05, 0) is 37.9 Å². The summed E-state index contributed by atoms with van der Waals surface area (Å²) in [4.78, 5) is 0. The van der Waals surface area contributed by atoms with Crippen molar-refractivity contribution in [3.05, 3.63) is 41.0 Å². The van der Waals surface area contributed by atoms with Crippen molar-refractivity contribution in [2.24, 2.45) is 0 Å². The second kappa shape index (κ2) is 6.49. The van der Waals surface area contributed by atoms with Crippen molar-refractivity contribution in [3.63, 3.8) is 0 Å². The zero-order chi connectivity index (χ0) is 12.0. The molecule has 0 saturated heterocycles. The minimum atomic E-state index is 1.01.